The molecule has 0 aliphatic heterocycles. The van der Waals surface area contributed by atoms with Gasteiger partial charge in [0, 0.05) is 6.42 Å². The Kier molecular flexibility index (Phi) is 8.08. The number of ether oxygens (including phenoxy) is 2. The van der Waals surface area contributed by atoms with E-state index in [1.54, 1.807) is 51.1 Å². The highest BCUT2D eigenvalue weighted by Gasteiger charge is 2.44. The number of amides is 1. The van der Waals surface area contributed by atoms with E-state index in [-0.39, 0.29) is 6.61 Å². The third-order valence-electron chi connectivity index (χ3n) is 3.31. The number of nitrogens with one attached hydrogen (secondary N) is 1. The van der Waals surface area contributed by atoms with E-state index in [0.717, 1.165) is 0 Å². The van der Waals surface area contributed by atoms with Crippen molar-refractivity contribution in [3.05, 3.63) is 35.9 Å². The van der Waals surface area contributed by atoms with Gasteiger partial charge in [0.25, 0.3) is 0 Å². The van der Waals surface area contributed by atoms with Crippen molar-refractivity contribution in [1.29, 1.82) is 0 Å². The number of carbonyl (C=O) groups is 2. The molecule has 9 heteroatoms. The van der Waals surface area contributed by atoms with Crippen LogP contribution in [0.5, 0.6) is 0 Å². The Hall–Kier alpha value is -2.29. The summed E-state index contributed by atoms with van der Waals surface area (Å²) < 4.78 is 48.4. The molecule has 1 unspecified atom stereocenters. The van der Waals surface area contributed by atoms with Crippen molar-refractivity contribution >= 4 is 12.1 Å². The van der Waals surface area contributed by atoms with Gasteiger partial charge in [-0.1, -0.05) is 30.3 Å². The van der Waals surface area contributed by atoms with Gasteiger partial charge in [-0.2, -0.15) is 13.2 Å². The molecule has 2 atom stereocenters. The molecule has 0 spiro atoms. The lowest BCUT2D eigenvalue weighted by Gasteiger charge is -2.26. The summed E-state index contributed by atoms with van der Waals surface area (Å²) in [7, 11) is 0. The normalized spacial score (nSPS) is 14.2. The van der Waals surface area contributed by atoms with Gasteiger partial charge in [-0.05, 0) is 32.8 Å². The summed E-state index contributed by atoms with van der Waals surface area (Å²) >= 11 is 0. The van der Waals surface area contributed by atoms with Gasteiger partial charge in [-0.15, -0.1) is 0 Å². The van der Waals surface area contributed by atoms with E-state index in [4.69, 9.17) is 9.47 Å². The number of aliphatic hydroxyl groups excluding tert-OH is 1. The van der Waals surface area contributed by atoms with Crippen LogP contribution in [0.4, 0.5) is 18.0 Å². The Morgan fingerprint density at radius 1 is 1.15 bits per heavy atom. The van der Waals surface area contributed by atoms with Crippen molar-refractivity contribution in [3.8, 4) is 0 Å². The van der Waals surface area contributed by atoms with Crippen LogP contribution < -0.4 is 5.32 Å². The number of esters is 1. The minimum Gasteiger partial charge on any atom is -0.460 e. The minimum absolute atomic E-state index is 0.145. The highest BCUT2D eigenvalue weighted by atomic mass is 19.4. The number of aliphatic hydroxyl groups is 1. The van der Waals surface area contributed by atoms with Gasteiger partial charge in [0.1, 0.15) is 12.2 Å². The van der Waals surface area contributed by atoms with Crippen molar-refractivity contribution in [1.82, 2.24) is 5.32 Å². The number of carbonyl (C=O) groups excluding carboxylic acids is 2. The average Bonchev–Trinajstić information content (AvgIpc) is 2.54. The van der Waals surface area contributed by atoms with Crippen LogP contribution in [0, 0.1) is 0 Å². The fourth-order valence-electron chi connectivity index (χ4n) is 2.12. The molecule has 0 bridgehead atoms. The number of hydrogen-bond acceptors (Lipinski definition) is 5. The number of alkyl halides is 3. The van der Waals surface area contributed by atoms with Crippen molar-refractivity contribution in [2.24, 2.45) is 0 Å². The highest BCUT2D eigenvalue weighted by molar-refractivity contribution is 5.70. The van der Waals surface area contributed by atoms with Crippen LogP contribution >= 0.6 is 0 Å². The molecule has 1 rings (SSSR count). The molecule has 0 heterocycles. The molecule has 6 nitrogen and oxygen atoms in total. The van der Waals surface area contributed by atoms with Gasteiger partial charge in [-0.25, -0.2) is 4.79 Å². The van der Waals surface area contributed by atoms with Crippen molar-refractivity contribution in [2.45, 2.75) is 64.1 Å². The maximum absolute atomic E-state index is 12.8. The standard InChI is InChI=1S/C18H24F3NO5/c1-17(2,3)27-14(23)10-9-13(15(24)18(19,20)21)22-16(25)26-11-12-7-5-4-6-8-12/h4-8,13,15,24H,9-11H2,1-3H3,(H,22,25)/t13-,15?/m0/s1. The first-order valence-electron chi connectivity index (χ1n) is 8.32. The van der Waals surface area contributed by atoms with Crippen molar-refractivity contribution < 1.29 is 37.3 Å². The van der Waals surface area contributed by atoms with Crippen LogP contribution in [0.15, 0.2) is 30.3 Å². The maximum atomic E-state index is 12.8. The highest BCUT2D eigenvalue weighted by Crippen LogP contribution is 2.24. The Morgan fingerprint density at radius 2 is 1.74 bits per heavy atom. The molecule has 2 N–H and O–H groups in total. The van der Waals surface area contributed by atoms with Crippen LogP contribution in [-0.4, -0.2) is 41.1 Å². The monoisotopic (exact) mass is 391 g/mol. The van der Waals surface area contributed by atoms with Crippen LogP contribution in [-0.2, 0) is 20.9 Å². The predicted molar refractivity (Wildman–Crippen MR) is 90.7 cm³/mol. The Bertz CT molecular complexity index is 614. The summed E-state index contributed by atoms with van der Waals surface area (Å²) in [5, 5.41) is 11.5. The van der Waals surface area contributed by atoms with Gasteiger partial charge in [0.05, 0.1) is 6.04 Å². The summed E-state index contributed by atoms with van der Waals surface area (Å²) in [4.78, 5) is 23.5. The molecule has 27 heavy (non-hydrogen) atoms. The van der Waals surface area contributed by atoms with E-state index in [2.05, 4.69) is 0 Å². The number of hydrogen-bond donors (Lipinski definition) is 2. The quantitative estimate of drug-likeness (QED) is 0.697. The Balaban J connectivity index is 2.65. The fourth-order valence-corrected chi connectivity index (χ4v) is 2.12. The predicted octanol–water partition coefficient (Wildman–Crippen LogP) is 3.33. The first-order chi connectivity index (χ1) is 12.4. The van der Waals surface area contributed by atoms with Crippen LogP contribution in [0.25, 0.3) is 0 Å². The zero-order chi connectivity index (χ0) is 20.7. The van der Waals surface area contributed by atoms with E-state index in [0.29, 0.717) is 5.56 Å². The van der Waals surface area contributed by atoms with E-state index in [1.807, 2.05) is 5.32 Å². The third kappa shape index (κ3) is 9.28. The number of halogens is 3. The molecular weight excluding hydrogens is 367 g/mol. The molecule has 0 aliphatic rings. The zero-order valence-corrected chi connectivity index (χ0v) is 15.4. The molecule has 0 aromatic heterocycles. The second-order valence-electron chi connectivity index (χ2n) is 6.92. The zero-order valence-electron chi connectivity index (χ0n) is 15.4. The van der Waals surface area contributed by atoms with Gasteiger partial charge < -0.3 is 19.9 Å². The molecule has 0 aliphatic carbocycles. The topological polar surface area (TPSA) is 84.9 Å². The second-order valence-corrected chi connectivity index (χ2v) is 6.92. The minimum atomic E-state index is -4.97. The summed E-state index contributed by atoms with van der Waals surface area (Å²) in [6.07, 6.45) is -9.81. The summed E-state index contributed by atoms with van der Waals surface area (Å²) in [6.45, 7) is 4.71. The van der Waals surface area contributed by atoms with Crippen LogP contribution in [0.3, 0.4) is 0 Å². The molecule has 0 saturated carbocycles. The van der Waals surface area contributed by atoms with E-state index >= 15 is 0 Å². The molecule has 1 aromatic rings. The summed E-state index contributed by atoms with van der Waals surface area (Å²) in [5.74, 6) is -0.735. The molecule has 0 saturated heterocycles. The number of rotatable bonds is 7. The van der Waals surface area contributed by atoms with Gasteiger partial charge in [-0.3, -0.25) is 4.79 Å². The van der Waals surface area contributed by atoms with E-state index in [9.17, 15) is 27.9 Å². The summed E-state index contributed by atoms with van der Waals surface area (Å²) in [6, 6.07) is 6.80. The van der Waals surface area contributed by atoms with Crippen molar-refractivity contribution in [2.75, 3.05) is 0 Å². The third-order valence-corrected chi connectivity index (χ3v) is 3.31. The van der Waals surface area contributed by atoms with E-state index in [1.165, 1.54) is 0 Å². The molecule has 0 fully saturated rings. The first-order valence-corrected chi connectivity index (χ1v) is 8.32. The smallest absolute Gasteiger partial charge is 0.416 e. The van der Waals surface area contributed by atoms with Crippen LogP contribution in [0.1, 0.15) is 39.2 Å². The lowest BCUT2D eigenvalue weighted by molar-refractivity contribution is -0.212. The lowest BCUT2D eigenvalue weighted by Crippen LogP contribution is -2.50. The van der Waals surface area contributed by atoms with Gasteiger partial charge >= 0.3 is 18.2 Å². The fraction of sp³-hybridized carbons (Fsp3) is 0.556. The number of alkyl carbamates (subject to hydrolysis) is 1. The second kappa shape index (κ2) is 9.59. The molecule has 152 valence electrons. The Morgan fingerprint density at radius 3 is 2.26 bits per heavy atom. The van der Waals surface area contributed by atoms with Gasteiger partial charge in [0.2, 0.25) is 0 Å². The number of benzene rings is 1. The van der Waals surface area contributed by atoms with Crippen molar-refractivity contribution in [3.63, 3.8) is 0 Å². The lowest BCUT2D eigenvalue weighted by atomic mass is 10.0. The molecular formula is C18H24F3NO5. The maximum Gasteiger partial charge on any atom is 0.416 e. The summed E-state index contributed by atoms with van der Waals surface area (Å²) in [5.41, 5.74) is -0.147. The van der Waals surface area contributed by atoms with Crippen LogP contribution in [0.2, 0.25) is 0 Å². The van der Waals surface area contributed by atoms with Gasteiger partial charge in [0.15, 0.2) is 6.10 Å². The molecule has 0 radical (unpaired) electrons. The Labute approximate surface area is 155 Å². The first kappa shape index (κ1) is 22.8. The van der Waals surface area contributed by atoms with E-state index < -0.39 is 48.8 Å². The SMILES string of the molecule is CC(C)(C)OC(=O)CC[C@H](NC(=O)OCc1ccccc1)C(O)C(F)(F)F. The molecule has 1 amide bonds. The largest absolute Gasteiger partial charge is 0.460 e. The average molecular weight is 391 g/mol. The molecule has 1 aromatic carbocycles.